The molecule has 0 atom stereocenters. The number of carboxylic acid groups (broad SMARTS) is 1. The largest absolute Gasteiger partial charge is 0.493 e. The van der Waals surface area contributed by atoms with E-state index in [-0.39, 0.29) is 5.56 Å². The first-order valence-corrected chi connectivity index (χ1v) is 4.96. The minimum absolute atomic E-state index is 0.188. The van der Waals surface area contributed by atoms with Gasteiger partial charge in [0.15, 0.2) is 11.5 Å². The highest BCUT2D eigenvalue weighted by molar-refractivity contribution is 9.10. The van der Waals surface area contributed by atoms with Gasteiger partial charge in [0.25, 0.3) is 0 Å². The van der Waals surface area contributed by atoms with Gasteiger partial charge in [-0.15, -0.1) is 0 Å². The van der Waals surface area contributed by atoms with Gasteiger partial charge in [-0.1, -0.05) is 0 Å². The molecule has 0 saturated carbocycles. The number of rotatable bonds is 3. The Hall–Kier alpha value is -1.23. The van der Waals surface area contributed by atoms with Crippen molar-refractivity contribution in [1.82, 2.24) is 0 Å². The fourth-order valence-corrected chi connectivity index (χ4v) is 2.07. The average Bonchev–Trinajstić information content (AvgIpc) is 2.16. The summed E-state index contributed by atoms with van der Waals surface area (Å²) in [5, 5.41) is 9.00. The number of benzene rings is 1. The third-order valence-electron chi connectivity index (χ3n) is 2.07. The molecule has 0 spiro atoms. The van der Waals surface area contributed by atoms with E-state index in [0.29, 0.717) is 21.5 Å². The van der Waals surface area contributed by atoms with E-state index in [1.165, 1.54) is 14.2 Å². The minimum atomic E-state index is -1.000. The number of ether oxygens (including phenoxy) is 2. The van der Waals surface area contributed by atoms with Crippen molar-refractivity contribution in [3.05, 3.63) is 21.7 Å². The predicted octanol–water partition coefficient (Wildman–Crippen LogP) is 2.47. The molecule has 0 bridgehead atoms. The summed E-state index contributed by atoms with van der Waals surface area (Å²) in [6.07, 6.45) is 0. The summed E-state index contributed by atoms with van der Waals surface area (Å²) in [6, 6.07) is 1.58. The lowest BCUT2D eigenvalue weighted by molar-refractivity contribution is 0.0694. The molecule has 0 aromatic heterocycles. The van der Waals surface area contributed by atoms with Crippen LogP contribution in [0.15, 0.2) is 10.5 Å². The number of carboxylic acids is 1. The van der Waals surface area contributed by atoms with E-state index in [9.17, 15) is 4.79 Å². The maximum absolute atomic E-state index is 11.0. The van der Waals surface area contributed by atoms with Crippen LogP contribution < -0.4 is 9.47 Å². The van der Waals surface area contributed by atoms with Crippen molar-refractivity contribution in [2.75, 3.05) is 14.2 Å². The molecule has 4 nitrogen and oxygen atoms in total. The number of hydrogen-bond acceptors (Lipinski definition) is 3. The summed E-state index contributed by atoms with van der Waals surface area (Å²) in [6.45, 7) is 1.68. The Kier molecular flexibility index (Phi) is 3.57. The summed E-state index contributed by atoms with van der Waals surface area (Å²) in [5.41, 5.74) is 0.726. The van der Waals surface area contributed by atoms with Crippen molar-refractivity contribution < 1.29 is 19.4 Å². The van der Waals surface area contributed by atoms with Gasteiger partial charge in [0.1, 0.15) is 0 Å². The van der Waals surface area contributed by atoms with Crippen LogP contribution in [-0.2, 0) is 0 Å². The number of carbonyl (C=O) groups is 1. The molecule has 0 amide bonds. The summed E-state index contributed by atoms with van der Waals surface area (Å²) < 4.78 is 10.7. The molecule has 0 radical (unpaired) electrons. The molecule has 1 rings (SSSR count). The first-order valence-electron chi connectivity index (χ1n) is 4.17. The number of halogens is 1. The second kappa shape index (κ2) is 4.53. The summed E-state index contributed by atoms with van der Waals surface area (Å²) in [5.74, 6) is -0.0506. The summed E-state index contributed by atoms with van der Waals surface area (Å²) in [7, 11) is 2.98. The van der Waals surface area contributed by atoms with E-state index in [4.69, 9.17) is 14.6 Å². The lowest BCUT2D eigenvalue weighted by atomic mass is 10.1. The van der Waals surface area contributed by atoms with Crippen LogP contribution in [0, 0.1) is 6.92 Å². The zero-order chi connectivity index (χ0) is 11.6. The maximum Gasteiger partial charge on any atom is 0.337 e. The van der Waals surface area contributed by atoms with Gasteiger partial charge < -0.3 is 14.6 Å². The van der Waals surface area contributed by atoms with Gasteiger partial charge in [0, 0.05) is 10.0 Å². The molecule has 0 fully saturated rings. The monoisotopic (exact) mass is 274 g/mol. The highest BCUT2D eigenvalue weighted by Crippen LogP contribution is 2.37. The second-order valence-electron chi connectivity index (χ2n) is 2.90. The van der Waals surface area contributed by atoms with Gasteiger partial charge in [-0.05, 0) is 28.9 Å². The Balaban J connectivity index is 3.51. The molecule has 0 saturated heterocycles. The highest BCUT2D eigenvalue weighted by atomic mass is 79.9. The molecule has 15 heavy (non-hydrogen) atoms. The fraction of sp³-hybridized carbons (Fsp3) is 0.300. The van der Waals surface area contributed by atoms with Crippen LogP contribution >= 0.6 is 15.9 Å². The minimum Gasteiger partial charge on any atom is -0.493 e. The van der Waals surface area contributed by atoms with Crippen LogP contribution in [0.25, 0.3) is 0 Å². The third kappa shape index (κ3) is 2.07. The van der Waals surface area contributed by atoms with Crippen LogP contribution in [0.2, 0.25) is 0 Å². The van der Waals surface area contributed by atoms with Crippen molar-refractivity contribution in [3.8, 4) is 11.5 Å². The Bertz CT molecular complexity index is 401. The second-order valence-corrected chi connectivity index (χ2v) is 3.75. The van der Waals surface area contributed by atoms with Crippen molar-refractivity contribution >= 4 is 21.9 Å². The average molecular weight is 275 g/mol. The summed E-state index contributed by atoms with van der Waals surface area (Å²) >= 11 is 3.19. The fourth-order valence-electron chi connectivity index (χ4n) is 1.40. The van der Waals surface area contributed by atoms with Crippen molar-refractivity contribution in [2.24, 2.45) is 0 Å². The van der Waals surface area contributed by atoms with Crippen LogP contribution in [0.3, 0.4) is 0 Å². The normalized spacial score (nSPS) is 9.87. The molecule has 0 heterocycles. The van der Waals surface area contributed by atoms with Gasteiger partial charge in [0.05, 0.1) is 19.8 Å². The molecule has 0 aliphatic rings. The Morgan fingerprint density at radius 3 is 2.40 bits per heavy atom. The lowest BCUT2D eigenvalue weighted by Crippen LogP contribution is -2.04. The van der Waals surface area contributed by atoms with Crippen LogP contribution in [0.5, 0.6) is 11.5 Å². The number of hydrogen-bond donors (Lipinski definition) is 1. The number of methoxy groups -OCH3 is 2. The van der Waals surface area contributed by atoms with Crippen LogP contribution in [-0.4, -0.2) is 25.3 Å². The molecular formula is C10H11BrO4. The Labute approximate surface area is 95.9 Å². The molecule has 0 aliphatic heterocycles. The van der Waals surface area contributed by atoms with E-state index in [1.807, 2.05) is 0 Å². The smallest absolute Gasteiger partial charge is 0.337 e. The topological polar surface area (TPSA) is 55.8 Å². The number of aromatic carboxylic acids is 1. The Morgan fingerprint density at radius 2 is 2.00 bits per heavy atom. The molecule has 5 heteroatoms. The first-order chi connectivity index (χ1) is 7.02. The standard InChI is InChI=1S/C10H11BrO4/c1-5-8(10(12)13)6(11)4-7(14-2)9(5)15-3/h4H,1-3H3,(H,12,13). The van der Waals surface area contributed by atoms with Crippen molar-refractivity contribution in [3.63, 3.8) is 0 Å². The molecule has 1 N–H and O–H groups in total. The SMILES string of the molecule is COc1cc(Br)c(C(=O)O)c(C)c1OC. The maximum atomic E-state index is 11.0. The van der Waals surface area contributed by atoms with Crippen LogP contribution in [0.4, 0.5) is 0 Å². The predicted molar refractivity (Wildman–Crippen MR) is 58.9 cm³/mol. The van der Waals surface area contributed by atoms with E-state index in [1.54, 1.807) is 13.0 Å². The van der Waals surface area contributed by atoms with Gasteiger partial charge in [0.2, 0.25) is 0 Å². The van der Waals surface area contributed by atoms with Crippen molar-refractivity contribution in [2.45, 2.75) is 6.92 Å². The quantitative estimate of drug-likeness (QED) is 0.920. The van der Waals surface area contributed by atoms with Gasteiger partial charge in [-0.25, -0.2) is 4.79 Å². The van der Waals surface area contributed by atoms with Gasteiger partial charge >= 0.3 is 5.97 Å². The van der Waals surface area contributed by atoms with Gasteiger partial charge in [-0.2, -0.15) is 0 Å². The van der Waals surface area contributed by atoms with Crippen LogP contribution in [0.1, 0.15) is 15.9 Å². The lowest BCUT2D eigenvalue weighted by Gasteiger charge is -2.13. The zero-order valence-corrected chi connectivity index (χ0v) is 10.2. The van der Waals surface area contributed by atoms with E-state index in [2.05, 4.69) is 15.9 Å². The molecule has 1 aromatic carbocycles. The molecule has 0 unspecified atom stereocenters. The van der Waals surface area contributed by atoms with E-state index >= 15 is 0 Å². The molecule has 0 aliphatic carbocycles. The summed E-state index contributed by atoms with van der Waals surface area (Å²) in [4.78, 5) is 11.0. The third-order valence-corrected chi connectivity index (χ3v) is 2.70. The van der Waals surface area contributed by atoms with E-state index in [0.717, 1.165) is 0 Å². The first kappa shape index (κ1) is 11.8. The highest BCUT2D eigenvalue weighted by Gasteiger charge is 2.19. The Morgan fingerprint density at radius 1 is 1.40 bits per heavy atom. The van der Waals surface area contributed by atoms with Crippen molar-refractivity contribution in [1.29, 1.82) is 0 Å². The molecule has 82 valence electrons. The molecule has 1 aromatic rings. The van der Waals surface area contributed by atoms with E-state index < -0.39 is 5.97 Å². The zero-order valence-electron chi connectivity index (χ0n) is 8.63. The van der Waals surface area contributed by atoms with Gasteiger partial charge in [-0.3, -0.25) is 0 Å². The molecular weight excluding hydrogens is 264 g/mol.